The summed E-state index contributed by atoms with van der Waals surface area (Å²) < 4.78 is 11.2. The topological polar surface area (TPSA) is 50.7 Å². The number of methoxy groups -OCH3 is 1. The van der Waals surface area contributed by atoms with Gasteiger partial charge in [-0.1, -0.05) is 24.4 Å². The smallest absolute Gasteiger partial charge is 0.165 e. The minimum atomic E-state index is -0.707. The number of hydrogen-bond acceptors (Lipinski definition) is 4. The highest BCUT2D eigenvalue weighted by Crippen LogP contribution is 2.37. The molecule has 4 nitrogen and oxygen atoms in total. The van der Waals surface area contributed by atoms with Crippen LogP contribution in [0.3, 0.4) is 0 Å². The van der Waals surface area contributed by atoms with Crippen molar-refractivity contribution >= 4 is 11.6 Å². The second kappa shape index (κ2) is 6.66. The molecule has 0 amide bonds. The molecule has 5 heteroatoms. The Kier molecular flexibility index (Phi) is 5.13. The fourth-order valence-electron chi connectivity index (χ4n) is 2.64. The van der Waals surface area contributed by atoms with Crippen molar-refractivity contribution in [3.63, 3.8) is 0 Å². The van der Waals surface area contributed by atoms with Crippen molar-refractivity contribution in [2.45, 2.75) is 37.8 Å². The van der Waals surface area contributed by atoms with Crippen LogP contribution in [-0.4, -0.2) is 31.5 Å². The Bertz CT molecular complexity index is 459. The first-order valence-corrected chi connectivity index (χ1v) is 7.32. The molecule has 0 aliphatic heterocycles. The molecule has 112 valence electrons. The average molecular weight is 300 g/mol. The van der Waals surface area contributed by atoms with Crippen molar-refractivity contribution < 1.29 is 14.6 Å². The Labute approximate surface area is 125 Å². The predicted octanol–water partition coefficient (Wildman–Crippen LogP) is 2.75. The molecule has 0 bridgehead atoms. The maximum Gasteiger partial charge on any atom is 0.165 e. The van der Waals surface area contributed by atoms with Gasteiger partial charge in [0.1, 0.15) is 6.61 Å². The van der Waals surface area contributed by atoms with Crippen molar-refractivity contribution in [1.29, 1.82) is 0 Å². The first-order chi connectivity index (χ1) is 9.58. The largest absolute Gasteiger partial charge is 0.493 e. The maximum absolute atomic E-state index is 10.4. The molecule has 0 aromatic heterocycles. The van der Waals surface area contributed by atoms with Gasteiger partial charge in [-0.2, -0.15) is 0 Å². The molecular weight excluding hydrogens is 278 g/mol. The third-order valence-electron chi connectivity index (χ3n) is 3.70. The van der Waals surface area contributed by atoms with E-state index in [4.69, 9.17) is 21.1 Å². The van der Waals surface area contributed by atoms with Crippen LogP contribution in [0.1, 0.15) is 31.2 Å². The summed E-state index contributed by atoms with van der Waals surface area (Å²) >= 11 is 6.08. The summed E-state index contributed by atoms with van der Waals surface area (Å²) in [6, 6.07) is 3.59. The Balaban J connectivity index is 2.19. The molecule has 1 fully saturated rings. The van der Waals surface area contributed by atoms with Gasteiger partial charge in [-0.15, -0.1) is 0 Å². The number of ether oxygens (including phenoxy) is 2. The van der Waals surface area contributed by atoms with Gasteiger partial charge in [0, 0.05) is 23.2 Å². The van der Waals surface area contributed by atoms with E-state index in [2.05, 4.69) is 5.32 Å². The first-order valence-electron chi connectivity index (χ1n) is 6.94. The van der Waals surface area contributed by atoms with Gasteiger partial charge in [-0.25, -0.2) is 0 Å². The fourth-order valence-corrected chi connectivity index (χ4v) is 2.87. The van der Waals surface area contributed by atoms with Gasteiger partial charge in [0.25, 0.3) is 0 Å². The van der Waals surface area contributed by atoms with Crippen LogP contribution in [0, 0.1) is 0 Å². The van der Waals surface area contributed by atoms with Gasteiger partial charge in [-0.05, 0) is 26.0 Å². The lowest BCUT2D eigenvalue weighted by atomic mass is 10.0. The van der Waals surface area contributed by atoms with Crippen molar-refractivity contribution in [2.75, 3.05) is 20.8 Å². The Morgan fingerprint density at radius 1 is 1.35 bits per heavy atom. The number of halogens is 1. The predicted molar refractivity (Wildman–Crippen MR) is 79.7 cm³/mol. The summed E-state index contributed by atoms with van der Waals surface area (Å²) in [5, 5.41) is 14.1. The maximum atomic E-state index is 10.4. The second-order valence-electron chi connectivity index (χ2n) is 5.35. The first kappa shape index (κ1) is 15.4. The van der Waals surface area contributed by atoms with E-state index in [9.17, 15) is 5.11 Å². The Hall–Kier alpha value is -0.970. The molecule has 2 N–H and O–H groups in total. The van der Waals surface area contributed by atoms with Crippen LogP contribution in [0.25, 0.3) is 0 Å². The normalized spacial score (nSPS) is 17.2. The molecule has 0 spiro atoms. The lowest BCUT2D eigenvalue weighted by Gasteiger charge is -2.24. The molecule has 0 atom stereocenters. The van der Waals surface area contributed by atoms with Crippen LogP contribution in [0.2, 0.25) is 5.02 Å². The highest BCUT2D eigenvalue weighted by Gasteiger charge is 2.32. The van der Waals surface area contributed by atoms with Crippen LogP contribution < -0.4 is 14.8 Å². The monoisotopic (exact) mass is 299 g/mol. The van der Waals surface area contributed by atoms with E-state index in [1.807, 2.05) is 13.1 Å². The SMILES string of the molecule is CNCc1cc(Cl)cc(OC)c1OCC1(O)CCCC1. The summed E-state index contributed by atoms with van der Waals surface area (Å²) in [5.74, 6) is 1.26. The summed E-state index contributed by atoms with van der Waals surface area (Å²) in [4.78, 5) is 0. The highest BCUT2D eigenvalue weighted by molar-refractivity contribution is 6.30. The van der Waals surface area contributed by atoms with Gasteiger partial charge in [0.05, 0.1) is 12.7 Å². The van der Waals surface area contributed by atoms with E-state index in [0.29, 0.717) is 29.7 Å². The second-order valence-corrected chi connectivity index (χ2v) is 5.78. The standard InChI is InChI=1S/C15H22ClNO3/c1-17-9-11-7-12(16)8-13(19-2)14(11)20-10-15(18)5-3-4-6-15/h7-8,17-18H,3-6,9-10H2,1-2H3. The van der Waals surface area contributed by atoms with Crippen LogP contribution in [-0.2, 0) is 6.54 Å². The van der Waals surface area contributed by atoms with Crippen LogP contribution in [0.15, 0.2) is 12.1 Å². The zero-order chi connectivity index (χ0) is 14.6. The molecule has 1 saturated carbocycles. The minimum absolute atomic E-state index is 0.293. The third kappa shape index (κ3) is 3.57. The van der Waals surface area contributed by atoms with Crippen molar-refractivity contribution in [3.05, 3.63) is 22.7 Å². The zero-order valence-corrected chi connectivity index (χ0v) is 12.8. The van der Waals surface area contributed by atoms with Gasteiger partial charge >= 0.3 is 0 Å². The number of aliphatic hydroxyl groups is 1. The lowest BCUT2D eigenvalue weighted by molar-refractivity contribution is 0.000434. The number of benzene rings is 1. The summed E-state index contributed by atoms with van der Waals surface area (Å²) in [7, 11) is 3.45. The van der Waals surface area contributed by atoms with E-state index < -0.39 is 5.60 Å². The average Bonchev–Trinajstić information content (AvgIpc) is 2.84. The molecular formula is C15H22ClNO3. The summed E-state index contributed by atoms with van der Waals surface area (Å²) in [6.45, 7) is 0.923. The molecule has 1 aliphatic carbocycles. The highest BCUT2D eigenvalue weighted by atomic mass is 35.5. The molecule has 1 aromatic carbocycles. The van der Waals surface area contributed by atoms with E-state index in [1.54, 1.807) is 13.2 Å². The van der Waals surface area contributed by atoms with E-state index in [-0.39, 0.29) is 0 Å². The molecule has 20 heavy (non-hydrogen) atoms. The Morgan fingerprint density at radius 3 is 2.65 bits per heavy atom. The number of hydrogen-bond donors (Lipinski definition) is 2. The van der Waals surface area contributed by atoms with E-state index in [0.717, 1.165) is 31.2 Å². The number of rotatable bonds is 6. The fraction of sp³-hybridized carbons (Fsp3) is 0.600. The van der Waals surface area contributed by atoms with Crippen LogP contribution in [0.4, 0.5) is 0 Å². The van der Waals surface area contributed by atoms with E-state index >= 15 is 0 Å². The third-order valence-corrected chi connectivity index (χ3v) is 3.92. The molecule has 0 heterocycles. The van der Waals surface area contributed by atoms with E-state index in [1.165, 1.54) is 0 Å². The summed E-state index contributed by atoms with van der Waals surface area (Å²) in [6.07, 6.45) is 3.70. The van der Waals surface area contributed by atoms with Crippen molar-refractivity contribution in [3.8, 4) is 11.5 Å². The number of nitrogens with one attached hydrogen (secondary N) is 1. The molecule has 0 radical (unpaired) electrons. The molecule has 0 unspecified atom stereocenters. The quantitative estimate of drug-likeness (QED) is 0.848. The lowest BCUT2D eigenvalue weighted by Crippen LogP contribution is -2.32. The molecule has 0 saturated heterocycles. The van der Waals surface area contributed by atoms with Gasteiger partial charge < -0.3 is 19.9 Å². The molecule has 1 aromatic rings. The summed E-state index contributed by atoms with van der Waals surface area (Å²) in [5.41, 5.74) is 0.222. The van der Waals surface area contributed by atoms with Gasteiger partial charge in [-0.3, -0.25) is 0 Å². The Morgan fingerprint density at radius 2 is 2.05 bits per heavy atom. The zero-order valence-electron chi connectivity index (χ0n) is 12.0. The van der Waals surface area contributed by atoms with Crippen LogP contribution in [0.5, 0.6) is 11.5 Å². The minimum Gasteiger partial charge on any atom is -0.493 e. The molecule has 1 aliphatic rings. The van der Waals surface area contributed by atoms with Gasteiger partial charge in [0.2, 0.25) is 0 Å². The van der Waals surface area contributed by atoms with Crippen molar-refractivity contribution in [1.82, 2.24) is 5.32 Å². The van der Waals surface area contributed by atoms with Crippen LogP contribution >= 0.6 is 11.6 Å². The molecule has 2 rings (SSSR count). The van der Waals surface area contributed by atoms with Crippen molar-refractivity contribution in [2.24, 2.45) is 0 Å². The van der Waals surface area contributed by atoms with Gasteiger partial charge in [0.15, 0.2) is 11.5 Å².